The van der Waals surface area contributed by atoms with E-state index >= 15 is 0 Å². The molecule has 2 N–H and O–H groups in total. The number of hydrogen-bond donors (Lipinski definition) is 1. The average Bonchev–Trinajstić information content (AvgIpc) is 1.97. The number of alkyl halides is 7. The Morgan fingerprint density at radius 3 is 1.69 bits per heavy atom. The second-order valence-electron chi connectivity index (χ2n) is 4.29. The van der Waals surface area contributed by atoms with E-state index in [9.17, 15) is 30.7 Å². The highest BCUT2D eigenvalue weighted by Crippen LogP contribution is 2.57. The van der Waals surface area contributed by atoms with E-state index in [-0.39, 0.29) is 0 Å². The first kappa shape index (κ1) is 13.5. The van der Waals surface area contributed by atoms with Crippen LogP contribution >= 0.6 is 0 Å². The molecular formula is C8H10F7N. The maximum atomic E-state index is 12.7. The fourth-order valence-corrected chi connectivity index (χ4v) is 1.96. The molecule has 0 aromatic carbocycles. The summed E-state index contributed by atoms with van der Waals surface area (Å²) in [4.78, 5) is 0. The van der Waals surface area contributed by atoms with Crippen LogP contribution in [0.1, 0.15) is 19.3 Å². The molecule has 0 amide bonds. The first-order valence-corrected chi connectivity index (χ1v) is 4.46. The van der Waals surface area contributed by atoms with Crippen LogP contribution < -0.4 is 5.73 Å². The molecule has 8 heteroatoms. The molecule has 0 saturated heterocycles. The second-order valence-corrected chi connectivity index (χ2v) is 4.29. The van der Waals surface area contributed by atoms with Gasteiger partial charge in [-0.3, -0.25) is 0 Å². The molecule has 0 aromatic rings. The highest BCUT2D eigenvalue weighted by Gasteiger charge is 2.65. The minimum atomic E-state index is -5.72. The molecule has 16 heavy (non-hydrogen) atoms. The smallest absolute Gasteiger partial charge is 0.330 e. The molecule has 1 rings (SSSR count). The zero-order valence-electron chi connectivity index (χ0n) is 8.05. The van der Waals surface area contributed by atoms with Gasteiger partial charge in [0.05, 0.1) is 0 Å². The summed E-state index contributed by atoms with van der Waals surface area (Å²) in [5.74, 6) is -8.15. The van der Waals surface area contributed by atoms with Crippen molar-refractivity contribution in [2.45, 2.75) is 37.3 Å². The van der Waals surface area contributed by atoms with Gasteiger partial charge in [-0.15, -0.1) is 0 Å². The van der Waals surface area contributed by atoms with Crippen molar-refractivity contribution in [3.05, 3.63) is 0 Å². The van der Waals surface area contributed by atoms with Crippen LogP contribution in [-0.2, 0) is 0 Å². The van der Waals surface area contributed by atoms with E-state index in [0.717, 1.165) is 0 Å². The lowest BCUT2D eigenvalue weighted by Crippen LogP contribution is -2.55. The Labute approximate surface area is 86.8 Å². The van der Waals surface area contributed by atoms with Gasteiger partial charge in [0.15, 0.2) is 0 Å². The number of hydrogen-bond acceptors (Lipinski definition) is 1. The highest BCUT2D eigenvalue weighted by atomic mass is 19.4. The van der Waals surface area contributed by atoms with E-state index < -0.39 is 49.2 Å². The molecule has 1 nitrogen and oxygen atoms in total. The van der Waals surface area contributed by atoms with E-state index in [1.54, 1.807) is 0 Å². The summed E-state index contributed by atoms with van der Waals surface area (Å²) >= 11 is 0. The van der Waals surface area contributed by atoms with Crippen LogP contribution in [0.5, 0.6) is 0 Å². The molecule has 0 radical (unpaired) electrons. The molecule has 0 spiro atoms. The van der Waals surface area contributed by atoms with Crippen molar-refractivity contribution in [2.75, 3.05) is 6.54 Å². The number of halogens is 7. The third kappa shape index (κ3) is 2.41. The van der Waals surface area contributed by atoms with Gasteiger partial charge in [0.25, 0.3) is 0 Å². The standard InChI is InChI=1S/C8H10F7N/c9-6(10)1-5(2-6,4-16)3-7(11,12)8(13,14)15/h1-4,16H2. The molecule has 96 valence electrons. The summed E-state index contributed by atoms with van der Waals surface area (Å²) in [6.07, 6.45) is -9.42. The van der Waals surface area contributed by atoms with Crippen LogP contribution in [0.4, 0.5) is 30.7 Å². The first-order chi connectivity index (χ1) is 6.93. The van der Waals surface area contributed by atoms with E-state index in [1.807, 2.05) is 0 Å². The van der Waals surface area contributed by atoms with Crippen LogP contribution in [-0.4, -0.2) is 24.6 Å². The number of nitrogens with two attached hydrogens (primary N) is 1. The Hall–Kier alpha value is -0.530. The maximum Gasteiger partial charge on any atom is 0.453 e. The van der Waals surface area contributed by atoms with Crippen molar-refractivity contribution in [3.63, 3.8) is 0 Å². The van der Waals surface area contributed by atoms with E-state index in [2.05, 4.69) is 0 Å². The van der Waals surface area contributed by atoms with Crippen LogP contribution in [0.2, 0.25) is 0 Å². The molecule has 0 bridgehead atoms. The molecule has 0 heterocycles. The average molecular weight is 253 g/mol. The summed E-state index contributed by atoms with van der Waals surface area (Å²) in [6.45, 7) is -0.603. The Bertz CT molecular complexity index is 262. The van der Waals surface area contributed by atoms with E-state index in [4.69, 9.17) is 5.73 Å². The quantitative estimate of drug-likeness (QED) is 0.769. The Balaban J connectivity index is 2.73. The van der Waals surface area contributed by atoms with Crippen LogP contribution in [0.15, 0.2) is 0 Å². The molecule has 0 unspecified atom stereocenters. The van der Waals surface area contributed by atoms with Crippen molar-refractivity contribution >= 4 is 0 Å². The third-order valence-corrected chi connectivity index (χ3v) is 2.71. The highest BCUT2D eigenvalue weighted by molar-refractivity contribution is 5.02. The molecule has 0 aliphatic heterocycles. The molecule has 1 aliphatic rings. The van der Waals surface area contributed by atoms with Crippen LogP contribution in [0, 0.1) is 5.41 Å². The number of rotatable bonds is 3. The summed E-state index contributed by atoms with van der Waals surface area (Å²) in [7, 11) is 0. The Kier molecular flexibility index (Phi) is 2.94. The zero-order valence-corrected chi connectivity index (χ0v) is 8.05. The third-order valence-electron chi connectivity index (χ3n) is 2.71. The Morgan fingerprint density at radius 1 is 1.00 bits per heavy atom. The summed E-state index contributed by atoms with van der Waals surface area (Å²) in [5.41, 5.74) is 3.20. The SMILES string of the molecule is NCC1(CC(F)(F)C(F)(F)F)CC(F)(F)C1. The fourth-order valence-electron chi connectivity index (χ4n) is 1.96. The zero-order chi connectivity index (χ0) is 12.8. The minimum Gasteiger partial charge on any atom is -0.330 e. The van der Waals surface area contributed by atoms with Crippen molar-refractivity contribution in [3.8, 4) is 0 Å². The lowest BCUT2D eigenvalue weighted by atomic mass is 9.63. The Morgan fingerprint density at radius 2 is 1.44 bits per heavy atom. The second kappa shape index (κ2) is 3.48. The van der Waals surface area contributed by atoms with Gasteiger partial charge in [0, 0.05) is 24.7 Å². The predicted molar refractivity (Wildman–Crippen MR) is 41.3 cm³/mol. The van der Waals surface area contributed by atoms with E-state index in [0.29, 0.717) is 0 Å². The lowest BCUT2D eigenvalue weighted by Gasteiger charge is -2.48. The van der Waals surface area contributed by atoms with Crippen molar-refractivity contribution in [1.29, 1.82) is 0 Å². The van der Waals surface area contributed by atoms with Crippen molar-refractivity contribution in [2.24, 2.45) is 11.1 Å². The van der Waals surface area contributed by atoms with Gasteiger partial charge in [-0.2, -0.15) is 22.0 Å². The molecular weight excluding hydrogens is 243 g/mol. The molecule has 0 aromatic heterocycles. The van der Waals surface area contributed by atoms with Gasteiger partial charge in [0.1, 0.15) is 0 Å². The van der Waals surface area contributed by atoms with Gasteiger partial charge in [-0.05, 0) is 6.54 Å². The van der Waals surface area contributed by atoms with Crippen molar-refractivity contribution < 1.29 is 30.7 Å². The minimum absolute atomic E-state index is 0.603. The van der Waals surface area contributed by atoms with E-state index in [1.165, 1.54) is 0 Å². The molecule has 1 fully saturated rings. The fraction of sp³-hybridized carbons (Fsp3) is 1.00. The van der Waals surface area contributed by atoms with Crippen molar-refractivity contribution in [1.82, 2.24) is 0 Å². The predicted octanol–water partition coefficient (Wildman–Crippen LogP) is 2.95. The molecule has 0 atom stereocenters. The maximum absolute atomic E-state index is 12.7. The largest absolute Gasteiger partial charge is 0.453 e. The monoisotopic (exact) mass is 253 g/mol. The van der Waals surface area contributed by atoms with Gasteiger partial charge in [0.2, 0.25) is 5.92 Å². The summed E-state index contributed by atoms with van der Waals surface area (Å²) in [6, 6.07) is 0. The van der Waals surface area contributed by atoms with Gasteiger partial charge in [-0.1, -0.05) is 0 Å². The van der Waals surface area contributed by atoms with Crippen LogP contribution in [0.3, 0.4) is 0 Å². The lowest BCUT2D eigenvalue weighted by molar-refractivity contribution is -0.304. The van der Waals surface area contributed by atoms with Gasteiger partial charge in [-0.25, -0.2) is 8.78 Å². The van der Waals surface area contributed by atoms with Gasteiger partial charge < -0.3 is 5.73 Å². The summed E-state index contributed by atoms with van der Waals surface area (Å²) < 4.78 is 86.0. The normalized spacial score (nSPS) is 24.0. The molecule has 1 aliphatic carbocycles. The topological polar surface area (TPSA) is 26.0 Å². The molecule has 1 saturated carbocycles. The van der Waals surface area contributed by atoms with Gasteiger partial charge >= 0.3 is 12.1 Å². The summed E-state index contributed by atoms with van der Waals surface area (Å²) in [5, 5.41) is 0. The van der Waals surface area contributed by atoms with Crippen LogP contribution in [0.25, 0.3) is 0 Å². The first-order valence-electron chi connectivity index (χ1n) is 4.46.